The standard InChI is InChI=1S/C27H32F2N3O7P/c1-32(25(33)14-13-19-10-6-12-23(28)26(19)29)22(11-7-15-39-40(35,36-2)37-3)18-38-27(34)31-24-16-20-8-4-5-9-21(20)17-30-24/h4-6,8-10,12,16-17,22H,7,11,13-15,18H2,1-3H3,(H,30,31,34)/t22-/m0/s1. The molecule has 0 saturated carbocycles. The normalized spacial score (nSPS) is 12.2. The summed E-state index contributed by atoms with van der Waals surface area (Å²) in [5.41, 5.74) is 0.0834. The predicted octanol–water partition coefficient (Wildman–Crippen LogP) is 5.72. The number of phosphoric acid groups is 1. The van der Waals surface area contributed by atoms with Crippen molar-refractivity contribution in [2.45, 2.75) is 31.7 Å². The molecular weight excluding hydrogens is 547 g/mol. The van der Waals surface area contributed by atoms with Crippen LogP contribution in [-0.4, -0.2) is 62.4 Å². The fourth-order valence-electron chi connectivity index (χ4n) is 3.89. The van der Waals surface area contributed by atoms with Crippen LogP contribution in [0.5, 0.6) is 0 Å². The molecule has 216 valence electrons. The van der Waals surface area contributed by atoms with Crippen LogP contribution >= 0.6 is 7.82 Å². The lowest BCUT2D eigenvalue weighted by atomic mass is 10.1. The number of phosphoric ester groups is 1. The van der Waals surface area contributed by atoms with Gasteiger partial charge in [0.1, 0.15) is 12.4 Å². The Kier molecular flexibility index (Phi) is 11.5. The fourth-order valence-corrected chi connectivity index (χ4v) is 4.60. The molecule has 1 atom stereocenters. The quantitative estimate of drug-likeness (QED) is 0.191. The molecule has 1 aromatic heterocycles. The number of fused-ring (bicyclic) bond motifs is 1. The minimum absolute atomic E-state index is 0.0115. The maximum Gasteiger partial charge on any atom is 0.474 e. The maximum atomic E-state index is 14.0. The van der Waals surface area contributed by atoms with Crippen molar-refractivity contribution in [2.75, 3.05) is 39.8 Å². The predicted molar refractivity (Wildman–Crippen MR) is 145 cm³/mol. The van der Waals surface area contributed by atoms with Crippen LogP contribution in [0.15, 0.2) is 54.7 Å². The summed E-state index contributed by atoms with van der Waals surface area (Å²) in [7, 11) is 0.235. The molecule has 40 heavy (non-hydrogen) atoms. The summed E-state index contributed by atoms with van der Waals surface area (Å²) in [6, 6.07) is 12.4. The molecule has 0 aliphatic rings. The molecule has 0 fully saturated rings. The number of likely N-dealkylation sites (N-methyl/N-ethyl adjacent to an activating group) is 1. The number of rotatable bonds is 14. The molecule has 13 heteroatoms. The highest BCUT2D eigenvalue weighted by molar-refractivity contribution is 7.48. The number of ether oxygens (including phenoxy) is 1. The fraction of sp³-hybridized carbons (Fsp3) is 0.370. The average molecular weight is 580 g/mol. The maximum absolute atomic E-state index is 14.0. The van der Waals surface area contributed by atoms with Crippen LogP contribution in [0.3, 0.4) is 0 Å². The Morgan fingerprint density at radius 3 is 2.52 bits per heavy atom. The largest absolute Gasteiger partial charge is 0.474 e. The van der Waals surface area contributed by atoms with Crippen LogP contribution in [-0.2, 0) is 34.1 Å². The number of halogens is 2. The number of hydrogen-bond acceptors (Lipinski definition) is 8. The van der Waals surface area contributed by atoms with Crippen LogP contribution in [0.1, 0.15) is 24.8 Å². The van der Waals surface area contributed by atoms with Crippen molar-refractivity contribution in [1.29, 1.82) is 0 Å². The highest BCUT2D eigenvalue weighted by Crippen LogP contribution is 2.47. The number of aryl methyl sites for hydroxylation is 1. The Balaban J connectivity index is 1.61. The molecule has 0 aliphatic heterocycles. The van der Waals surface area contributed by atoms with Crippen LogP contribution in [0.25, 0.3) is 10.8 Å². The second-order valence-corrected chi connectivity index (χ2v) is 10.7. The number of hydrogen-bond donors (Lipinski definition) is 1. The van der Waals surface area contributed by atoms with E-state index in [0.29, 0.717) is 18.7 Å². The van der Waals surface area contributed by atoms with Crippen molar-refractivity contribution in [3.8, 4) is 0 Å². The average Bonchev–Trinajstić information content (AvgIpc) is 2.96. The lowest BCUT2D eigenvalue weighted by Crippen LogP contribution is -2.41. The Labute approximate surface area is 231 Å². The van der Waals surface area contributed by atoms with Gasteiger partial charge in [0.15, 0.2) is 11.6 Å². The number of pyridine rings is 1. The summed E-state index contributed by atoms with van der Waals surface area (Å²) in [5.74, 6) is -2.05. The van der Waals surface area contributed by atoms with Crippen molar-refractivity contribution in [3.63, 3.8) is 0 Å². The monoisotopic (exact) mass is 579 g/mol. The van der Waals surface area contributed by atoms with E-state index in [1.807, 2.05) is 24.3 Å². The number of carbonyl (C=O) groups is 2. The smallest absolute Gasteiger partial charge is 0.447 e. The van der Waals surface area contributed by atoms with Gasteiger partial charge in [-0.2, -0.15) is 0 Å². The topological polar surface area (TPSA) is 116 Å². The zero-order chi connectivity index (χ0) is 29.1. The molecule has 3 rings (SSSR count). The summed E-state index contributed by atoms with van der Waals surface area (Å²) in [5, 5.41) is 4.37. The summed E-state index contributed by atoms with van der Waals surface area (Å²) >= 11 is 0. The number of nitrogens with zero attached hydrogens (tertiary/aromatic N) is 2. The van der Waals surface area contributed by atoms with Gasteiger partial charge in [-0.05, 0) is 42.3 Å². The molecule has 0 spiro atoms. The molecule has 1 heterocycles. The summed E-state index contributed by atoms with van der Waals surface area (Å²) in [6.07, 6.45) is 1.36. The van der Waals surface area contributed by atoms with E-state index in [1.54, 1.807) is 12.3 Å². The number of amides is 2. The van der Waals surface area contributed by atoms with Gasteiger partial charge in [0.05, 0.1) is 12.6 Å². The number of anilines is 1. The summed E-state index contributed by atoms with van der Waals surface area (Å²) < 4.78 is 59.7. The first kappa shape index (κ1) is 31.1. The van der Waals surface area contributed by atoms with Gasteiger partial charge >= 0.3 is 13.9 Å². The Hall–Kier alpha value is -3.44. The lowest BCUT2D eigenvalue weighted by Gasteiger charge is -2.28. The molecule has 0 radical (unpaired) electrons. The van der Waals surface area contributed by atoms with Crippen molar-refractivity contribution in [3.05, 3.63) is 71.9 Å². The first-order valence-electron chi connectivity index (χ1n) is 12.5. The van der Waals surface area contributed by atoms with Gasteiger partial charge in [0.25, 0.3) is 0 Å². The zero-order valence-electron chi connectivity index (χ0n) is 22.5. The van der Waals surface area contributed by atoms with Gasteiger partial charge in [-0.15, -0.1) is 0 Å². The molecule has 0 saturated heterocycles. The van der Waals surface area contributed by atoms with Gasteiger partial charge in [-0.25, -0.2) is 23.1 Å². The van der Waals surface area contributed by atoms with Crippen LogP contribution in [0, 0.1) is 11.6 Å². The number of aromatic nitrogens is 1. The molecule has 2 amide bonds. The number of nitrogens with one attached hydrogen (secondary N) is 1. The number of carbonyl (C=O) groups excluding carboxylic acids is 2. The van der Waals surface area contributed by atoms with Crippen LogP contribution < -0.4 is 5.32 Å². The highest BCUT2D eigenvalue weighted by Gasteiger charge is 2.25. The molecule has 2 aromatic carbocycles. The van der Waals surface area contributed by atoms with Crippen molar-refractivity contribution >= 4 is 36.4 Å². The third-order valence-corrected chi connectivity index (χ3v) is 7.62. The van der Waals surface area contributed by atoms with Gasteiger partial charge in [-0.3, -0.25) is 23.7 Å². The highest BCUT2D eigenvalue weighted by atomic mass is 31.2. The Bertz CT molecular complexity index is 1350. The minimum Gasteiger partial charge on any atom is -0.447 e. The van der Waals surface area contributed by atoms with Crippen molar-refractivity contribution in [2.24, 2.45) is 0 Å². The van der Waals surface area contributed by atoms with E-state index in [1.165, 1.54) is 38.3 Å². The molecule has 0 bridgehead atoms. The number of benzene rings is 2. The van der Waals surface area contributed by atoms with E-state index in [0.717, 1.165) is 16.8 Å². The van der Waals surface area contributed by atoms with Gasteiger partial charge in [0.2, 0.25) is 5.91 Å². The SMILES string of the molecule is COP(=O)(OC)OCCC[C@@H](COC(=O)Nc1cc2ccccc2cn1)N(C)C(=O)CCc1cccc(F)c1F. The first-order chi connectivity index (χ1) is 19.2. The van der Waals surface area contributed by atoms with E-state index >= 15 is 0 Å². The lowest BCUT2D eigenvalue weighted by molar-refractivity contribution is -0.133. The summed E-state index contributed by atoms with van der Waals surface area (Å²) in [6.45, 7) is -0.193. The van der Waals surface area contributed by atoms with E-state index in [4.69, 9.17) is 18.3 Å². The molecule has 1 N–H and O–H groups in total. The van der Waals surface area contributed by atoms with E-state index < -0.39 is 31.6 Å². The summed E-state index contributed by atoms with van der Waals surface area (Å²) in [4.78, 5) is 31.0. The molecular formula is C27H32F2N3O7P. The second kappa shape index (κ2) is 14.8. The first-order valence-corrected chi connectivity index (χ1v) is 13.9. The minimum atomic E-state index is -3.67. The van der Waals surface area contributed by atoms with Crippen LogP contribution in [0.4, 0.5) is 19.4 Å². The zero-order valence-corrected chi connectivity index (χ0v) is 23.4. The van der Waals surface area contributed by atoms with Crippen molar-refractivity contribution in [1.82, 2.24) is 9.88 Å². The third-order valence-electron chi connectivity index (χ3n) is 6.23. The van der Waals surface area contributed by atoms with Gasteiger partial charge < -0.3 is 9.64 Å². The molecule has 0 aliphatic carbocycles. The molecule has 0 unspecified atom stereocenters. The Morgan fingerprint density at radius 2 is 1.80 bits per heavy atom. The van der Waals surface area contributed by atoms with Crippen LogP contribution in [0.2, 0.25) is 0 Å². The van der Waals surface area contributed by atoms with E-state index in [-0.39, 0.29) is 37.5 Å². The molecule has 10 nitrogen and oxygen atoms in total. The van der Waals surface area contributed by atoms with E-state index in [2.05, 4.69) is 10.3 Å². The van der Waals surface area contributed by atoms with Crippen molar-refractivity contribution < 1.29 is 41.2 Å². The van der Waals surface area contributed by atoms with Gasteiger partial charge in [0, 0.05) is 39.3 Å². The van der Waals surface area contributed by atoms with Gasteiger partial charge in [-0.1, -0.05) is 36.4 Å². The third kappa shape index (κ3) is 8.79. The van der Waals surface area contributed by atoms with E-state index in [9.17, 15) is 22.9 Å². The second-order valence-electron chi connectivity index (χ2n) is 8.80. The Morgan fingerprint density at radius 1 is 1.07 bits per heavy atom. The molecule has 3 aromatic rings.